The number of ether oxygens (including phenoxy) is 2. The highest BCUT2D eigenvalue weighted by Gasteiger charge is 2.07. The summed E-state index contributed by atoms with van der Waals surface area (Å²) >= 11 is 0. The number of nitrogens with two attached hydrogens (primary N) is 1. The van der Waals surface area contributed by atoms with Crippen LogP contribution in [-0.4, -0.2) is 38.6 Å². The minimum atomic E-state index is -0.439. The summed E-state index contributed by atoms with van der Waals surface area (Å²) in [5.74, 6) is -0.0179. The lowest BCUT2D eigenvalue weighted by atomic mass is 10.2. The van der Waals surface area contributed by atoms with Crippen molar-refractivity contribution in [1.29, 1.82) is 0 Å². The number of halogens is 1. The molecule has 0 radical (unpaired) electrons. The van der Waals surface area contributed by atoms with Gasteiger partial charge in [0.1, 0.15) is 11.6 Å². The van der Waals surface area contributed by atoms with Gasteiger partial charge in [0.2, 0.25) is 0 Å². The number of anilines is 2. The molecule has 0 atom stereocenters. The summed E-state index contributed by atoms with van der Waals surface area (Å²) in [6, 6.07) is 2.70. The van der Waals surface area contributed by atoms with E-state index in [9.17, 15) is 4.39 Å². The fourth-order valence-electron chi connectivity index (χ4n) is 1.31. The van der Waals surface area contributed by atoms with Crippen LogP contribution in [0.15, 0.2) is 12.1 Å². The molecule has 0 bridgehead atoms. The first-order valence-electron chi connectivity index (χ1n) is 5.24. The third-order valence-corrected chi connectivity index (χ3v) is 2.12. The normalized spacial score (nSPS) is 10.3. The molecule has 4 N–H and O–H groups in total. The number of nitrogens with one attached hydrogen (secondary N) is 1. The molecule has 0 saturated heterocycles. The van der Waals surface area contributed by atoms with E-state index in [4.69, 9.17) is 20.3 Å². The maximum absolute atomic E-state index is 13.5. The summed E-state index contributed by atoms with van der Waals surface area (Å²) in [6.45, 7) is 1.07. The van der Waals surface area contributed by atoms with Crippen LogP contribution in [0.3, 0.4) is 0 Å². The van der Waals surface area contributed by atoms with Crippen molar-refractivity contribution in [2.24, 2.45) is 0 Å². The molecule has 0 aliphatic rings. The lowest BCUT2D eigenvalue weighted by Gasteiger charge is -2.11. The maximum Gasteiger partial charge on any atom is 0.148 e. The number of aliphatic hydroxyl groups is 1. The van der Waals surface area contributed by atoms with Crippen LogP contribution in [-0.2, 0) is 4.74 Å². The number of hydrogen-bond acceptors (Lipinski definition) is 5. The molecule has 0 heterocycles. The largest absolute Gasteiger partial charge is 0.495 e. The van der Waals surface area contributed by atoms with E-state index in [2.05, 4.69) is 5.32 Å². The van der Waals surface area contributed by atoms with Crippen LogP contribution in [0.2, 0.25) is 0 Å². The monoisotopic (exact) mass is 244 g/mol. The van der Waals surface area contributed by atoms with Gasteiger partial charge in [-0.15, -0.1) is 0 Å². The van der Waals surface area contributed by atoms with Crippen LogP contribution in [0.5, 0.6) is 5.75 Å². The molecule has 0 spiro atoms. The van der Waals surface area contributed by atoms with E-state index < -0.39 is 5.82 Å². The fourth-order valence-corrected chi connectivity index (χ4v) is 1.31. The minimum absolute atomic E-state index is 0.0238. The van der Waals surface area contributed by atoms with E-state index in [-0.39, 0.29) is 18.9 Å². The van der Waals surface area contributed by atoms with Crippen molar-refractivity contribution in [1.82, 2.24) is 0 Å². The van der Waals surface area contributed by atoms with Gasteiger partial charge in [0.05, 0.1) is 38.3 Å². The molecule has 0 saturated carbocycles. The third-order valence-electron chi connectivity index (χ3n) is 2.12. The summed E-state index contributed by atoms with van der Waals surface area (Å²) in [5.41, 5.74) is 6.12. The summed E-state index contributed by atoms with van der Waals surface area (Å²) in [5, 5.41) is 11.3. The SMILES string of the molecule is COc1cc(NCCOCCO)c(F)cc1N. The highest BCUT2D eigenvalue weighted by molar-refractivity contribution is 5.62. The van der Waals surface area contributed by atoms with E-state index in [0.29, 0.717) is 24.6 Å². The summed E-state index contributed by atoms with van der Waals surface area (Å²) in [6.07, 6.45) is 0. The Bertz CT molecular complexity index is 361. The zero-order chi connectivity index (χ0) is 12.7. The zero-order valence-electron chi connectivity index (χ0n) is 9.70. The second kappa shape index (κ2) is 6.93. The Morgan fingerprint density at radius 2 is 2.18 bits per heavy atom. The number of nitrogen functional groups attached to an aromatic ring is 1. The van der Waals surface area contributed by atoms with Gasteiger partial charge in [0, 0.05) is 18.7 Å². The molecule has 0 unspecified atom stereocenters. The zero-order valence-corrected chi connectivity index (χ0v) is 9.70. The number of hydrogen-bond donors (Lipinski definition) is 3. The van der Waals surface area contributed by atoms with Gasteiger partial charge < -0.3 is 25.6 Å². The van der Waals surface area contributed by atoms with E-state index >= 15 is 0 Å². The van der Waals surface area contributed by atoms with Crippen LogP contribution < -0.4 is 15.8 Å². The van der Waals surface area contributed by atoms with E-state index in [1.807, 2.05) is 0 Å². The summed E-state index contributed by atoms with van der Waals surface area (Å²) < 4.78 is 23.5. The molecular weight excluding hydrogens is 227 g/mol. The van der Waals surface area contributed by atoms with Gasteiger partial charge in [-0.05, 0) is 0 Å². The molecular formula is C11H17FN2O3. The van der Waals surface area contributed by atoms with Gasteiger partial charge >= 0.3 is 0 Å². The molecule has 0 aromatic heterocycles. The first-order valence-corrected chi connectivity index (χ1v) is 5.24. The van der Waals surface area contributed by atoms with Crippen molar-refractivity contribution in [3.8, 4) is 5.75 Å². The van der Waals surface area contributed by atoms with Crippen molar-refractivity contribution in [3.63, 3.8) is 0 Å². The molecule has 0 fully saturated rings. The van der Waals surface area contributed by atoms with Crippen molar-refractivity contribution in [3.05, 3.63) is 17.9 Å². The molecule has 17 heavy (non-hydrogen) atoms. The van der Waals surface area contributed by atoms with Crippen molar-refractivity contribution < 1.29 is 19.0 Å². The van der Waals surface area contributed by atoms with Crippen LogP contribution in [0.4, 0.5) is 15.8 Å². The molecule has 0 aliphatic carbocycles. The lowest BCUT2D eigenvalue weighted by molar-refractivity contribution is 0.0992. The Morgan fingerprint density at radius 3 is 2.82 bits per heavy atom. The number of rotatable bonds is 7. The smallest absolute Gasteiger partial charge is 0.148 e. The van der Waals surface area contributed by atoms with Crippen molar-refractivity contribution in [2.75, 3.05) is 44.5 Å². The van der Waals surface area contributed by atoms with Crippen LogP contribution in [0, 0.1) is 5.82 Å². The number of aliphatic hydroxyl groups excluding tert-OH is 1. The van der Waals surface area contributed by atoms with Crippen LogP contribution in [0.25, 0.3) is 0 Å². The lowest BCUT2D eigenvalue weighted by Crippen LogP contribution is -2.12. The van der Waals surface area contributed by atoms with Gasteiger partial charge in [-0.25, -0.2) is 4.39 Å². The number of methoxy groups -OCH3 is 1. The summed E-state index contributed by atoms with van der Waals surface area (Å²) in [7, 11) is 1.47. The average Bonchev–Trinajstić information content (AvgIpc) is 2.31. The van der Waals surface area contributed by atoms with Crippen LogP contribution >= 0.6 is 0 Å². The van der Waals surface area contributed by atoms with Gasteiger partial charge in [0.15, 0.2) is 0 Å². The van der Waals surface area contributed by atoms with Crippen molar-refractivity contribution in [2.45, 2.75) is 0 Å². The standard InChI is InChI=1S/C11H17FN2O3/c1-16-11-7-10(8(12)6-9(11)13)14-2-4-17-5-3-15/h6-7,14-15H,2-5,13H2,1H3. The second-order valence-electron chi connectivity index (χ2n) is 3.34. The molecule has 96 valence electrons. The molecule has 0 aliphatic heterocycles. The first-order chi connectivity index (χ1) is 8.19. The minimum Gasteiger partial charge on any atom is -0.495 e. The molecule has 1 aromatic carbocycles. The maximum atomic E-state index is 13.5. The second-order valence-corrected chi connectivity index (χ2v) is 3.34. The Labute approximate surface area is 99.3 Å². The van der Waals surface area contributed by atoms with E-state index in [1.165, 1.54) is 19.2 Å². The molecule has 5 nitrogen and oxygen atoms in total. The Morgan fingerprint density at radius 1 is 1.41 bits per heavy atom. The molecule has 1 rings (SSSR count). The predicted octanol–water partition coefficient (Wildman–Crippen LogP) is 0.837. The first kappa shape index (κ1) is 13.5. The average molecular weight is 244 g/mol. The fraction of sp³-hybridized carbons (Fsp3) is 0.455. The molecule has 6 heteroatoms. The van der Waals surface area contributed by atoms with Gasteiger partial charge in [0.25, 0.3) is 0 Å². The third kappa shape index (κ3) is 4.08. The molecule has 1 aromatic rings. The van der Waals surface area contributed by atoms with E-state index in [0.717, 1.165) is 0 Å². The Hall–Kier alpha value is -1.53. The highest BCUT2D eigenvalue weighted by atomic mass is 19.1. The molecule has 0 amide bonds. The van der Waals surface area contributed by atoms with Gasteiger partial charge in [-0.1, -0.05) is 0 Å². The predicted molar refractivity (Wildman–Crippen MR) is 63.8 cm³/mol. The van der Waals surface area contributed by atoms with Crippen LogP contribution in [0.1, 0.15) is 0 Å². The number of benzene rings is 1. The topological polar surface area (TPSA) is 76.7 Å². The van der Waals surface area contributed by atoms with Crippen molar-refractivity contribution >= 4 is 11.4 Å². The van der Waals surface area contributed by atoms with Gasteiger partial charge in [-0.3, -0.25) is 0 Å². The van der Waals surface area contributed by atoms with Gasteiger partial charge in [-0.2, -0.15) is 0 Å². The highest BCUT2D eigenvalue weighted by Crippen LogP contribution is 2.27. The Balaban J connectivity index is 2.52. The van der Waals surface area contributed by atoms with E-state index in [1.54, 1.807) is 0 Å². The quantitative estimate of drug-likeness (QED) is 0.489. The Kier molecular flexibility index (Phi) is 5.51. The summed E-state index contributed by atoms with van der Waals surface area (Å²) in [4.78, 5) is 0.